The van der Waals surface area contributed by atoms with Crippen LogP contribution < -0.4 is 25.0 Å². The topological polar surface area (TPSA) is 114 Å². The Labute approximate surface area is 228 Å². The highest BCUT2D eigenvalue weighted by Gasteiger charge is 2.31. The number of rotatable bonds is 9. The fourth-order valence-electron chi connectivity index (χ4n) is 4.12. The number of pyridine rings is 1. The Balaban J connectivity index is 1.38. The van der Waals surface area contributed by atoms with Gasteiger partial charge in [-0.05, 0) is 42.8 Å². The van der Waals surface area contributed by atoms with Gasteiger partial charge in [-0.15, -0.1) is 13.2 Å². The molecule has 0 bridgehead atoms. The average molecular weight is 562 g/mol. The zero-order chi connectivity index (χ0) is 28.7. The zero-order valence-corrected chi connectivity index (χ0v) is 22.1. The van der Waals surface area contributed by atoms with Gasteiger partial charge in [-0.1, -0.05) is 13.3 Å². The number of anilines is 3. The molecule has 14 heteroatoms. The molecule has 2 N–H and O–H groups in total. The number of ether oxygens (including phenoxy) is 2. The van der Waals surface area contributed by atoms with Crippen LogP contribution in [0.15, 0.2) is 48.8 Å². The Morgan fingerprint density at radius 2 is 1.70 bits per heavy atom. The molecule has 1 aliphatic heterocycles. The third kappa shape index (κ3) is 7.55. The Bertz CT molecular complexity index is 1290. The van der Waals surface area contributed by atoms with Crippen LogP contribution in [-0.4, -0.2) is 71.0 Å². The summed E-state index contributed by atoms with van der Waals surface area (Å²) >= 11 is 0. The van der Waals surface area contributed by atoms with Crippen LogP contribution in [-0.2, 0) is 6.54 Å². The number of aromatic nitrogens is 3. The number of nitrogens with zero attached hydrogens (tertiary/aromatic N) is 5. The van der Waals surface area contributed by atoms with Crippen LogP contribution in [0.25, 0.3) is 0 Å². The molecule has 1 fully saturated rings. The fourth-order valence-corrected chi connectivity index (χ4v) is 4.12. The molecule has 0 unspecified atom stereocenters. The van der Waals surface area contributed by atoms with Gasteiger partial charge < -0.3 is 29.2 Å². The summed E-state index contributed by atoms with van der Waals surface area (Å²) in [5.74, 6) is 1.22. The van der Waals surface area contributed by atoms with Gasteiger partial charge in [-0.25, -0.2) is 14.8 Å². The summed E-state index contributed by atoms with van der Waals surface area (Å²) in [6.07, 6.45) is 0.154. The van der Waals surface area contributed by atoms with E-state index in [9.17, 15) is 22.8 Å². The number of amides is 3. The van der Waals surface area contributed by atoms with Gasteiger partial charge in [-0.2, -0.15) is 0 Å². The number of methoxy groups -OCH3 is 1. The van der Waals surface area contributed by atoms with Crippen LogP contribution in [0.1, 0.15) is 30.4 Å². The molecule has 3 heterocycles. The van der Waals surface area contributed by atoms with Gasteiger partial charge >= 0.3 is 12.4 Å². The number of carbonyl (C=O) groups is 2. The molecule has 1 aromatic carbocycles. The summed E-state index contributed by atoms with van der Waals surface area (Å²) in [4.78, 5) is 38.5. The van der Waals surface area contributed by atoms with E-state index in [4.69, 9.17) is 4.74 Å². The Kier molecular flexibility index (Phi) is 8.97. The molecule has 4 rings (SSSR count). The second kappa shape index (κ2) is 12.6. The van der Waals surface area contributed by atoms with Gasteiger partial charge in [0.25, 0.3) is 5.91 Å². The molecule has 0 saturated carbocycles. The van der Waals surface area contributed by atoms with E-state index < -0.39 is 18.1 Å². The maximum absolute atomic E-state index is 13.4. The van der Waals surface area contributed by atoms with Crippen molar-refractivity contribution in [2.45, 2.75) is 32.7 Å². The number of hydrogen-bond acceptors (Lipinski definition) is 7. The zero-order valence-electron chi connectivity index (χ0n) is 22.1. The lowest BCUT2D eigenvalue weighted by molar-refractivity contribution is -0.274. The minimum absolute atomic E-state index is 0.176. The molecule has 0 atom stereocenters. The maximum Gasteiger partial charge on any atom is 0.573 e. The van der Waals surface area contributed by atoms with E-state index in [0.717, 1.165) is 30.8 Å². The monoisotopic (exact) mass is 561 g/mol. The van der Waals surface area contributed by atoms with Gasteiger partial charge in [0, 0.05) is 44.6 Å². The highest BCUT2D eigenvalue weighted by molar-refractivity contribution is 6.00. The van der Waals surface area contributed by atoms with Crippen LogP contribution in [0.4, 0.5) is 35.3 Å². The van der Waals surface area contributed by atoms with Crippen molar-refractivity contribution in [1.29, 1.82) is 0 Å². The number of piperazine rings is 1. The Morgan fingerprint density at radius 1 is 1.00 bits per heavy atom. The lowest BCUT2D eigenvalue weighted by Gasteiger charge is -2.35. The summed E-state index contributed by atoms with van der Waals surface area (Å²) in [7, 11) is 1.58. The standard InChI is InChI=1S/C26H30F3N7O4/c1-3-4-11-36-17-21(33-25(38)31-18-5-7-19(8-6-18)40-26(27,28)29)32-23(36)24(37)35-14-12-34(13-15-35)22-10-9-20(39-2)16-30-22/h5-10,16-17H,3-4,11-15H2,1-2H3,(H2,31,33,38). The first kappa shape index (κ1) is 28.5. The lowest BCUT2D eigenvalue weighted by atomic mass is 10.3. The summed E-state index contributed by atoms with van der Waals surface area (Å²) in [5.41, 5.74) is 0.248. The molecule has 3 amide bonds. The molecule has 0 radical (unpaired) electrons. The molecule has 0 spiro atoms. The summed E-state index contributed by atoms with van der Waals surface area (Å²) < 4.78 is 47.7. The van der Waals surface area contributed by atoms with E-state index in [1.54, 1.807) is 29.0 Å². The first-order valence-electron chi connectivity index (χ1n) is 12.7. The number of imidazole rings is 1. The SMILES string of the molecule is CCCCn1cc(NC(=O)Nc2ccc(OC(F)(F)F)cc2)nc1C(=O)N1CCN(c2ccc(OC)cn2)CC1. The number of urea groups is 1. The molecular formula is C26H30F3N7O4. The number of halogens is 3. The van der Waals surface area contributed by atoms with Crippen molar-refractivity contribution >= 4 is 29.3 Å². The minimum Gasteiger partial charge on any atom is -0.495 e. The molecule has 1 saturated heterocycles. The van der Waals surface area contributed by atoms with Crippen molar-refractivity contribution in [3.63, 3.8) is 0 Å². The largest absolute Gasteiger partial charge is 0.573 e. The van der Waals surface area contributed by atoms with Crippen molar-refractivity contribution in [1.82, 2.24) is 19.4 Å². The molecule has 11 nitrogen and oxygen atoms in total. The van der Waals surface area contributed by atoms with E-state index in [1.807, 2.05) is 19.1 Å². The Hall–Kier alpha value is -4.49. The molecule has 40 heavy (non-hydrogen) atoms. The van der Waals surface area contributed by atoms with Crippen molar-refractivity contribution in [2.24, 2.45) is 0 Å². The highest BCUT2D eigenvalue weighted by atomic mass is 19.4. The number of carbonyl (C=O) groups excluding carboxylic acids is 2. The molecule has 3 aromatic rings. The lowest BCUT2D eigenvalue weighted by Crippen LogP contribution is -2.49. The second-order valence-electron chi connectivity index (χ2n) is 8.98. The fraction of sp³-hybridized carbons (Fsp3) is 0.385. The predicted octanol–water partition coefficient (Wildman–Crippen LogP) is 4.59. The van der Waals surface area contributed by atoms with E-state index in [2.05, 4.69) is 30.2 Å². The number of alkyl halides is 3. The van der Waals surface area contributed by atoms with Gasteiger partial charge in [0.1, 0.15) is 17.3 Å². The molecule has 1 aliphatic rings. The van der Waals surface area contributed by atoms with Gasteiger partial charge in [0.15, 0.2) is 5.82 Å². The van der Waals surface area contributed by atoms with Crippen molar-refractivity contribution in [2.75, 3.05) is 48.8 Å². The molecule has 214 valence electrons. The van der Waals surface area contributed by atoms with E-state index in [1.165, 1.54) is 12.1 Å². The van der Waals surface area contributed by atoms with Crippen LogP contribution in [0.3, 0.4) is 0 Å². The molecular weight excluding hydrogens is 531 g/mol. The normalized spacial score (nSPS) is 13.6. The first-order valence-corrected chi connectivity index (χ1v) is 12.7. The summed E-state index contributed by atoms with van der Waals surface area (Å²) in [6, 6.07) is 7.78. The summed E-state index contributed by atoms with van der Waals surface area (Å²) in [5, 5.41) is 5.11. The van der Waals surface area contributed by atoms with Crippen LogP contribution >= 0.6 is 0 Å². The van der Waals surface area contributed by atoms with Gasteiger partial charge in [0.05, 0.1) is 13.3 Å². The third-order valence-corrected chi connectivity index (χ3v) is 6.16. The maximum atomic E-state index is 13.4. The molecule has 0 aliphatic carbocycles. The number of benzene rings is 1. The van der Waals surface area contributed by atoms with E-state index in [0.29, 0.717) is 38.5 Å². The first-order chi connectivity index (χ1) is 19.1. The highest BCUT2D eigenvalue weighted by Crippen LogP contribution is 2.24. The predicted molar refractivity (Wildman–Crippen MR) is 142 cm³/mol. The number of hydrogen-bond donors (Lipinski definition) is 2. The van der Waals surface area contributed by atoms with E-state index >= 15 is 0 Å². The van der Waals surface area contributed by atoms with Crippen LogP contribution in [0, 0.1) is 0 Å². The van der Waals surface area contributed by atoms with Gasteiger partial charge in [-0.3, -0.25) is 10.1 Å². The number of unbranched alkanes of at least 4 members (excludes halogenated alkanes) is 1. The third-order valence-electron chi connectivity index (χ3n) is 6.16. The Morgan fingerprint density at radius 3 is 2.30 bits per heavy atom. The van der Waals surface area contributed by atoms with Crippen LogP contribution in [0.2, 0.25) is 0 Å². The average Bonchev–Trinajstić information content (AvgIpc) is 3.34. The van der Waals surface area contributed by atoms with Crippen molar-refractivity contribution in [3.8, 4) is 11.5 Å². The summed E-state index contributed by atoms with van der Waals surface area (Å²) in [6.45, 7) is 4.73. The van der Waals surface area contributed by atoms with Crippen molar-refractivity contribution in [3.05, 3.63) is 54.6 Å². The number of nitrogens with one attached hydrogen (secondary N) is 2. The quantitative estimate of drug-likeness (QED) is 0.393. The van der Waals surface area contributed by atoms with Gasteiger partial charge in [0.2, 0.25) is 5.82 Å². The minimum atomic E-state index is -4.81. The number of aryl methyl sites for hydroxylation is 1. The van der Waals surface area contributed by atoms with Crippen LogP contribution in [0.5, 0.6) is 11.5 Å². The smallest absolute Gasteiger partial charge is 0.495 e. The second-order valence-corrected chi connectivity index (χ2v) is 8.98. The van der Waals surface area contributed by atoms with Crippen molar-refractivity contribution < 1.29 is 32.2 Å². The van der Waals surface area contributed by atoms with E-state index in [-0.39, 0.29) is 23.2 Å². The molecule has 2 aromatic heterocycles.